The van der Waals surface area contributed by atoms with Crippen molar-refractivity contribution in [1.29, 1.82) is 0 Å². The Labute approximate surface area is 122 Å². The van der Waals surface area contributed by atoms with E-state index in [0.717, 1.165) is 12.8 Å². The zero-order chi connectivity index (χ0) is 15.5. The molecule has 2 rings (SSSR count). The van der Waals surface area contributed by atoms with Crippen molar-refractivity contribution in [1.82, 2.24) is 10.2 Å². The number of carbonyl (C=O) groups is 1. The number of likely N-dealkylation sites (tertiary alicyclic amines) is 1. The molecule has 3 nitrogen and oxygen atoms in total. The van der Waals surface area contributed by atoms with Gasteiger partial charge in [-0.25, -0.2) is 0 Å². The van der Waals surface area contributed by atoms with Crippen LogP contribution in [0.5, 0.6) is 0 Å². The summed E-state index contributed by atoms with van der Waals surface area (Å²) in [6.07, 6.45) is -2.61. The second-order valence-electron chi connectivity index (χ2n) is 5.31. The quantitative estimate of drug-likeness (QED) is 0.927. The number of hydrogen-bond acceptors (Lipinski definition) is 2. The van der Waals surface area contributed by atoms with E-state index in [1.54, 1.807) is 23.1 Å². The fourth-order valence-corrected chi connectivity index (χ4v) is 2.56. The van der Waals surface area contributed by atoms with Gasteiger partial charge < -0.3 is 4.90 Å². The van der Waals surface area contributed by atoms with Crippen molar-refractivity contribution in [3.63, 3.8) is 0 Å². The fraction of sp³-hybridized carbons (Fsp3) is 0.533. The monoisotopic (exact) mass is 300 g/mol. The molecule has 1 aromatic carbocycles. The van der Waals surface area contributed by atoms with Crippen LogP contribution in [0, 0.1) is 0 Å². The van der Waals surface area contributed by atoms with E-state index in [0.29, 0.717) is 13.1 Å². The second-order valence-corrected chi connectivity index (χ2v) is 5.31. The van der Waals surface area contributed by atoms with Gasteiger partial charge in [0.2, 0.25) is 5.91 Å². The minimum Gasteiger partial charge on any atom is -0.341 e. The number of nitrogens with zero attached hydrogens (tertiary/aromatic N) is 1. The van der Waals surface area contributed by atoms with Gasteiger partial charge in [0.25, 0.3) is 0 Å². The highest BCUT2D eigenvalue weighted by Gasteiger charge is 2.42. The fourth-order valence-electron chi connectivity index (χ4n) is 2.56. The Morgan fingerprint density at radius 2 is 1.76 bits per heavy atom. The van der Waals surface area contributed by atoms with E-state index < -0.39 is 18.3 Å². The van der Waals surface area contributed by atoms with Crippen molar-refractivity contribution in [2.45, 2.75) is 38.0 Å². The Morgan fingerprint density at radius 3 is 2.29 bits per heavy atom. The van der Waals surface area contributed by atoms with Crippen LogP contribution in [0.4, 0.5) is 13.2 Å². The number of alkyl halides is 3. The lowest BCUT2D eigenvalue weighted by Gasteiger charge is -2.27. The van der Waals surface area contributed by atoms with Gasteiger partial charge in [0.05, 0.1) is 6.04 Å². The van der Waals surface area contributed by atoms with Crippen LogP contribution in [-0.4, -0.2) is 36.1 Å². The minimum absolute atomic E-state index is 0.117. The number of carbonyl (C=O) groups excluding carboxylic acids is 1. The number of hydrogen-bond donors (Lipinski definition) is 1. The van der Waals surface area contributed by atoms with E-state index in [1.165, 1.54) is 19.1 Å². The molecule has 1 aliphatic heterocycles. The Hall–Kier alpha value is -1.56. The molecule has 1 amide bonds. The summed E-state index contributed by atoms with van der Waals surface area (Å²) in [6.45, 7) is 2.75. The summed E-state index contributed by atoms with van der Waals surface area (Å²) < 4.78 is 39.7. The Morgan fingerprint density at radius 1 is 1.19 bits per heavy atom. The van der Waals surface area contributed by atoms with Crippen LogP contribution in [0.1, 0.15) is 31.4 Å². The van der Waals surface area contributed by atoms with Crippen LogP contribution >= 0.6 is 0 Å². The molecule has 0 saturated carbocycles. The molecule has 0 bridgehead atoms. The van der Waals surface area contributed by atoms with Crippen molar-refractivity contribution in [3.05, 3.63) is 35.9 Å². The molecule has 0 spiro atoms. The molecule has 116 valence electrons. The number of benzene rings is 1. The van der Waals surface area contributed by atoms with Crippen LogP contribution in [-0.2, 0) is 4.79 Å². The summed E-state index contributed by atoms with van der Waals surface area (Å²) in [4.78, 5) is 13.8. The lowest BCUT2D eigenvalue weighted by Crippen LogP contribution is -2.48. The van der Waals surface area contributed by atoms with Gasteiger partial charge in [0.15, 0.2) is 0 Å². The summed E-state index contributed by atoms with van der Waals surface area (Å²) in [7, 11) is 0. The molecule has 0 radical (unpaired) electrons. The third-order valence-electron chi connectivity index (χ3n) is 3.67. The zero-order valence-corrected chi connectivity index (χ0v) is 11.9. The molecule has 0 aromatic heterocycles. The van der Waals surface area contributed by atoms with Gasteiger partial charge in [-0.3, -0.25) is 10.1 Å². The average molecular weight is 300 g/mol. The molecule has 1 aliphatic rings. The average Bonchev–Trinajstić information content (AvgIpc) is 2.97. The van der Waals surface area contributed by atoms with Crippen LogP contribution in [0.25, 0.3) is 0 Å². The molecular weight excluding hydrogens is 281 g/mol. The van der Waals surface area contributed by atoms with Gasteiger partial charge in [-0.05, 0) is 25.3 Å². The van der Waals surface area contributed by atoms with Crippen molar-refractivity contribution >= 4 is 5.91 Å². The van der Waals surface area contributed by atoms with Gasteiger partial charge in [-0.15, -0.1) is 0 Å². The predicted molar refractivity (Wildman–Crippen MR) is 73.6 cm³/mol. The Balaban J connectivity index is 2.10. The van der Waals surface area contributed by atoms with Crippen molar-refractivity contribution in [2.75, 3.05) is 13.1 Å². The summed E-state index contributed by atoms with van der Waals surface area (Å²) in [6, 6.07) is 4.91. The molecule has 0 aliphatic carbocycles. The molecular formula is C15H19F3N2O. The first-order chi connectivity index (χ1) is 9.89. The molecule has 1 heterocycles. The topological polar surface area (TPSA) is 32.3 Å². The van der Waals surface area contributed by atoms with E-state index in [1.807, 2.05) is 0 Å². The lowest BCUT2D eigenvalue weighted by atomic mass is 10.1. The molecule has 1 aromatic rings. The maximum Gasteiger partial charge on any atom is 0.407 e. The standard InChI is InChI=1S/C15H19F3N2O/c1-11(14(21)20-9-5-6-10-20)19-13(15(16,17)18)12-7-3-2-4-8-12/h2-4,7-8,11,13,19H,5-6,9-10H2,1H3. The zero-order valence-electron chi connectivity index (χ0n) is 11.9. The number of rotatable bonds is 4. The van der Waals surface area contributed by atoms with Gasteiger partial charge in [0.1, 0.15) is 6.04 Å². The Kier molecular flexibility index (Phi) is 4.88. The van der Waals surface area contributed by atoms with Crippen LogP contribution in [0.15, 0.2) is 30.3 Å². The van der Waals surface area contributed by atoms with Crippen molar-refractivity contribution in [3.8, 4) is 0 Å². The highest BCUT2D eigenvalue weighted by Crippen LogP contribution is 2.33. The molecule has 6 heteroatoms. The number of nitrogens with one attached hydrogen (secondary N) is 1. The largest absolute Gasteiger partial charge is 0.407 e. The van der Waals surface area contributed by atoms with Gasteiger partial charge in [0, 0.05) is 13.1 Å². The Bertz CT molecular complexity index is 470. The molecule has 1 N–H and O–H groups in total. The number of halogens is 3. The summed E-state index contributed by atoms with van der Waals surface area (Å²) in [5.41, 5.74) is 0.117. The second kappa shape index (κ2) is 6.47. The van der Waals surface area contributed by atoms with Crippen molar-refractivity contribution < 1.29 is 18.0 Å². The third kappa shape index (κ3) is 3.97. The lowest BCUT2D eigenvalue weighted by molar-refractivity contribution is -0.161. The van der Waals surface area contributed by atoms with Crippen LogP contribution < -0.4 is 5.32 Å². The highest BCUT2D eigenvalue weighted by atomic mass is 19.4. The first-order valence-electron chi connectivity index (χ1n) is 7.06. The number of amides is 1. The van der Waals surface area contributed by atoms with E-state index in [2.05, 4.69) is 5.32 Å². The van der Waals surface area contributed by atoms with Gasteiger partial charge in [-0.1, -0.05) is 30.3 Å². The molecule has 21 heavy (non-hydrogen) atoms. The maximum atomic E-state index is 13.2. The smallest absolute Gasteiger partial charge is 0.341 e. The van der Waals surface area contributed by atoms with Crippen LogP contribution in [0.3, 0.4) is 0 Å². The van der Waals surface area contributed by atoms with Gasteiger partial charge in [-0.2, -0.15) is 13.2 Å². The first-order valence-corrected chi connectivity index (χ1v) is 7.06. The minimum atomic E-state index is -4.44. The van der Waals surface area contributed by atoms with Crippen LogP contribution in [0.2, 0.25) is 0 Å². The van der Waals surface area contributed by atoms with Crippen molar-refractivity contribution in [2.24, 2.45) is 0 Å². The summed E-state index contributed by atoms with van der Waals surface area (Å²) in [5.74, 6) is -0.266. The van der Waals surface area contributed by atoms with Gasteiger partial charge >= 0.3 is 6.18 Å². The molecule has 1 fully saturated rings. The predicted octanol–water partition coefficient (Wildman–Crippen LogP) is 2.89. The van der Waals surface area contributed by atoms with E-state index in [-0.39, 0.29) is 11.5 Å². The maximum absolute atomic E-state index is 13.2. The van der Waals surface area contributed by atoms with E-state index >= 15 is 0 Å². The third-order valence-corrected chi connectivity index (χ3v) is 3.67. The van der Waals surface area contributed by atoms with E-state index in [9.17, 15) is 18.0 Å². The molecule has 2 unspecified atom stereocenters. The normalized spacial score (nSPS) is 18.6. The first kappa shape index (κ1) is 15.8. The SMILES string of the molecule is CC(NC(c1ccccc1)C(F)(F)F)C(=O)N1CCCC1. The highest BCUT2D eigenvalue weighted by molar-refractivity contribution is 5.81. The molecule has 2 atom stereocenters. The molecule has 1 saturated heterocycles. The summed E-state index contributed by atoms with van der Waals surface area (Å²) in [5, 5.41) is 2.43. The summed E-state index contributed by atoms with van der Waals surface area (Å²) >= 11 is 0. The van der Waals surface area contributed by atoms with E-state index in [4.69, 9.17) is 0 Å².